The number of hydrogen-bond donors (Lipinski definition) is 5. The molecule has 1 atom stereocenters. The molecule has 0 aliphatic carbocycles. The fourth-order valence-corrected chi connectivity index (χ4v) is 2.94. The van der Waals surface area contributed by atoms with Crippen molar-refractivity contribution >= 4 is 5.97 Å². The van der Waals surface area contributed by atoms with E-state index in [1.807, 2.05) is 0 Å². The zero-order valence-corrected chi connectivity index (χ0v) is 12.7. The molecule has 1 saturated heterocycles. The van der Waals surface area contributed by atoms with Gasteiger partial charge in [-0.05, 0) is 19.8 Å². The molecular weight excluding hydrogens is 294 g/mol. The van der Waals surface area contributed by atoms with Gasteiger partial charge in [0.25, 0.3) is 0 Å². The number of rotatable bonds is 7. The minimum absolute atomic E-state index is 0.168. The van der Waals surface area contributed by atoms with E-state index in [-0.39, 0.29) is 18.4 Å². The van der Waals surface area contributed by atoms with Crippen LogP contribution in [0.5, 0.6) is 0 Å². The molecule has 1 aliphatic rings. The van der Waals surface area contributed by atoms with Crippen molar-refractivity contribution < 1.29 is 35.1 Å². The molecule has 128 valence electrons. The average Bonchev–Trinajstić information content (AvgIpc) is 2.54. The Morgan fingerprint density at radius 3 is 2.09 bits per heavy atom. The van der Waals surface area contributed by atoms with Crippen molar-refractivity contribution in [2.24, 2.45) is 0 Å². The minimum Gasteiger partial charge on any atom is -0.457 e. The van der Waals surface area contributed by atoms with E-state index in [1.165, 1.54) is 11.8 Å². The van der Waals surface area contributed by atoms with Crippen LogP contribution in [0.3, 0.4) is 0 Å². The molecule has 5 N–H and O–H groups in total. The van der Waals surface area contributed by atoms with Gasteiger partial charge in [-0.25, -0.2) is 4.79 Å². The first kappa shape index (κ1) is 19.0. The highest BCUT2D eigenvalue weighted by Gasteiger charge is 2.57. The molecule has 1 fully saturated rings. The summed E-state index contributed by atoms with van der Waals surface area (Å²) in [6.45, 7) is 2.11. The Bertz CT molecular complexity index is 404. The number of esters is 1. The van der Waals surface area contributed by atoms with Gasteiger partial charge in [0.1, 0.15) is 11.6 Å². The number of likely N-dealkylation sites (tertiary alicyclic amines) is 1. The van der Waals surface area contributed by atoms with Crippen molar-refractivity contribution in [3.8, 4) is 0 Å². The van der Waals surface area contributed by atoms with E-state index in [2.05, 4.69) is 6.58 Å². The van der Waals surface area contributed by atoms with Crippen molar-refractivity contribution in [1.82, 2.24) is 4.90 Å². The van der Waals surface area contributed by atoms with Crippen LogP contribution in [-0.4, -0.2) is 86.7 Å². The molecule has 1 unspecified atom stereocenters. The Balaban J connectivity index is 3.22. The maximum atomic E-state index is 11.8. The summed E-state index contributed by atoms with van der Waals surface area (Å²) in [5.74, 6) is -0.672. The zero-order chi connectivity index (χ0) is 17.0. The highest BCUT2D eigenvalue weighted by molar-refractivity contribution is 5.87. The second kappa shape index (κ2) is 7.49. The topological polar surface area (TPSA) is 131 Å². The van der Waals surface area contributed by atoms with Crippen molar-refractivity contribution in [1.29, 1.82) is 0 Å². The normalized spacial score (nSPS) is 24.0. The monoisotopic (exact) mass is 319 g/mol. The van der Waals surface area contributed by atoms with Crippen LogP contribution >= 0.6 is 0 Å². The molecule has 0 saturated carbocycles. The lowest BCUT2D eigenvalue weighted by atomic mass is 9.75. The lowest BCUT2D eigenvalue weighted by molar-refractivity contribution is -0.220. The first-order chi connectivity index (χ1) is 10.4. The van der Waals surface area contributed by atoms with Gasteiger partial charge in [-0.2, -0.15) is 0 Å². The smallest absolute Gasteiger partial charge is 0.333 e. The van der Waals surface area contributed by atoms with E-state index in [0.717, 1.165) is 0 Å². The Morgan fingerprint density at radius 1 is 1.18 bits per heavy atom. The molecule has 8 heteroatoms. The Hall–Kier alpha value is -1.03. The molecule has 0 aromatic rings. The van der Waals surface area contributed by atoms with Gasteiger partial charge in [0.15, 0.2) is 0 Å². The lowest BCUT2D eigenvalue weighted by Gasteiger charge is -2.57. The molecule has 1 aliphatic heterocycles. The fraction of sp³-hybridized carbons (Fsp3) is 0.786. The second-order valence-electron chi connectivity index (χ2n) is 5.74. The van der Waals surface area contributed by atoms with Gasteiger partial charge < -0.3 is 30.3 Å². The molecule has 0 spiro atoms. The molecule has 0 aromatic carbocycles. The number of carbonyl (C=O) groups is 1. The molecule has 0 radical (unpaired) electrons. The van der Waals surface area contributed by atoms with Gasteiger partial charge in [0.05, 0.1) is 38.7 Å². The molecule has 0 aromatic heterocycles. The molecule has 0 amide bonds. The largest absolute Gasteiger partial charge is 0.457 e. The average molecular weight is 319 g/mol. The van der Waals surface area contributed by atoms with Crippen LogP contribution in [0, 0.1) is 0 Å². The summed E-state index contributed by atoms with van der Waals surface area (Å²) < 4.78 is 5.29. The van der Waals surface area contributed by atoms with Crippen molar-refractivity contribution in [2.75, 3.05) is 33.2 Å². The highest BCUT2D eigenvalue weighted by atomic mass is 16.5. The first-order valence-electron chi connectivity index (χ1n) is 7.06. The Morgan fingerprint density at radius 2 is 1.73 bits per heavy atom. The third-order valence-corrected chi connectivity index (χ3v) is 4.46. The quantitative estimate of drug-likeness (QED) is 0.268. The zero-order valence-electron chi connectivity index (χ0n) is 12.7. The summed E-state index contributed by atoms with van der Waals surface area (Å²) in [6, 6.07) is 0. The SMILES string of the molecule is C=C(C)C(=O)OC1CCC(CO)(CO)N(CO)C1(CO)CO. The molecule has 1 rings (SSSR count). The summed E-state index contributed by atoms with van der Waals surface area (Å²) in [7, 11) is 0. The van der Waals surface area contributed by atoms with Gasteiger partial charge >= 0.3 is 5.97 Å². The van der Waals surface area contributed by atoms with E-state index in [9.17, 15) is 30.3 Å². The van der Waals surface area contributed by atoms with Crippen LogP contribution in [0.15, 0.2) is 12.2 Å². The summed E-state index contributed by atoms with van der Waals surface area (Å²) >= 11 is 0. The molecule has 0 bridgehead atoms. The maximum Gasteiger partial charge on any atom is 0.333 e. The Labute approximate surface area is 129 Å². The van der Waals surface area contributed by atoms with Crippen molar-refractivity contribution in [3.63, 3.8) is 0 Å². The van der Waals surface area contributed by atoms with Crippen LogP contribution < -0.4 is 0 Å². The van der Waals surface area contributed by atoms with Gasteiger partial charge in [0.2, 0.25) is 0 Å². The van der Waals surface area contributed by atoms with Crippen LogP contribution in [0.4, 0.5) is 0 Å². The van der Waals surface area contributed by atoms with E-state index in [1.54, 1.807) is 0 Å². The summed E-state index contributed by atoms with van der Waals surface area (Å²) in [4.78, 5) is 13.0. The third kappa shape index (κ3) is 3.03. The lowest BCUT2D eigenvalue weighted by Crippen LogP contribution is -2.75. The molecule has 8 nitrogen and oxygen atoms in total. The molecule has 22 heavy (non-hydrogen) atoms. The predicted octanol–water partition coefficient (Wildman–Crippen LogP) is -2.03. The summed E-state index contributed by atoms with van der Waals surface area (Å²) in [5, 5.41) is 48.5. The highest BCUT2D eigenvalue weighted by Crippen LogP contribution is 2.40. The first-order valence-corrected chi connectivity index (χ1v) is 7.06. The number of ether oxygens (including phenoxy) is 1. The number of nitrogens with zero attached hydrogens (tertiary/aromatic N) is 1. The number of carbonyl (C=O) groups excluding carboxylic acids is 1. The number of hydrogen-bond acceptors (Lipinski definition) is 8. The Kier molecular flexibility index (Phi) is 6.48. The van der Waals surface area contributed by atoms with Crippen LogP contribution in [0.2, 0.25) is 0 Å². The van der Waals surface area contributed by atoms with Crippen LogP contribution in [0.25, 0.3) is 0 Å². The predicted molar refractivity (Wildman–Crippen MR) is 76.7 cm³/mol. The van der Waals surface area contributed by atoms with E-state index in [0.29, 0.717) is 0 Å². The molecule has 1 heterocycles. The van der Waals surface area contributed by atoms with Gasteiger partial charge in [-0.3, -0.25) is 4.90 Å². The van der Waals surface area contributed by atoms with E-state index in [4.69, 9.17) is 4.74 Å². The third-order valence-electron chi connectivity index (χ3n) is 4.46. The second-order valence-corrected chi connectivity index (χ2v) is 5.74. The van der Waals surface area contributed by atoms with E-state index < -0.39 is 56.3 Å². The molecular formula is C14H25NO7. The van der Waals surface area contributed by atoms with Gasteiger partial charge in [0, 0.05) is 5.57 Å². The van der Waals surface area contributed by atoms with E-state index >= 15 is 0 Å². The van der Waals surface area contributed by atoms with Crippen molar-refractivity contribution in [2.45, 2.75) is 36.9 Å². The summed E-state index contributed by atoms with van der Waals surface area (Å²) in [6.07, 6.45) is -0.487. The number of piperidine rings is 1. The van der Waals surface area contributed by atoms with Gasteiger partial charge in [-0.1, -0.05) is 6.58 Å². The minimum atomic E-state index is -1.51. The van der Waals surface area contributed by atoms with Crippen LogP contribution in [0.1, 0.15) is 19.8 Å². The summed E-state index contributed by atoms with van der Waals surface area (Å²) in [5.41, 5.74) is -2.56. The number of aliphatic hydroxyl groups is 5. The number of aliphatic hydroxyl groups excluding tert-OH is 5. The van der Waals surface area contributed by atoms with Gasteiger partial charge in [-0.15, -0.1) is 0 Å². The fourth-order valence-electron chi connectivity index (χ4n) is 2.94. The standard InChI is InChI=1S/C14H25NO7/c1-10(2)12(21)22-11-3-4-13(5-16,6-17)15(9-20)14(11,7-18)8-19/h11,16-20H,1,3-9H2,2H3. The van der Waals surface area contributed by atoms with Crippen molar-refractivity contribution in [3.05, 3.63) is 12.2 Å². The van der Waals surface area contributed by atoms with Crippen LogP contribution in [-0.2, 0) is 9.53 Å². The maximum absolute atomic E-state index is 11.8.